The summed E-state index contributed by atoms with van der Waals surface area (Å²) < 4.78 is 13.3. The van der Waals surface area contributed by atoms with Crippen molar-refractivity contribution < 1.29 is 9.18 Å². The zero-order valence-electron chi connectivity index (χ0n) is 18.5. The highest BCUT2D eigenvalue weighted by atomic mass is 19.1. The van der Waals surface area contributed by atoms with Gasteiger partial charge in [-0.2, -0.15) is 4.98 Å². The number of anilines is 2. The number of fused-ring (bicyclic) bond motifs is 1. The minimum atomic E-state index is -0.299. The first kappa shape index (κ1) is 21.6. The summed E-state index contributed by atoms with van der Waals surface area (Å²) in [7, 11) is 0. The first-order valence-corrected chi connectivity index (χ1v) is 11.1. The Balaban J connectivity index is 1.32. The number of amides is 2. The lowest BCUT2D eigenvalue weighted by molar-refractivity contribution is 0.194. The van der Waals surface area contributed by atoms with Gasteiger partial charge < -0.3 is 20.9 Å². The van der Waals surface area contributed by atoms with Gasteiger partial charge in [-0.05, 0) is 42.0 Å². The summed E-state index contributed by atoms with van der Waals surface area (Å²) in [6.45, 7) is 2.76. The number of urea groups is 1. The van der Waals surface area contributed by atoms with E-state index in [1.54, 1.807) is 17.0 Å². The van der Waals surface area contributed by atoms with Crippen molar-refractivity contribution >= 4 is 28.8 Å². The first-order chi connectivity index (χ1) is 16.6. The van der Waals surface area contributed by atoms with Gasteiger partial charge in [0.25, 0.3) is 0 Å². The molecular weight excluding hydrogens is 433 g/mol. The van der Waals surface area contributed by atoms with Gasteiger partial charge in [-0.25, -0.2) is 19.2 Å². The standard InChI is InChI=1S/C25H24FN7O/c26-19-8-6-18(7-9-19)20-10-11-21-22(29-20)23(31-24(27)30-21)32-12-14-33(15-13-32)25(34)28-16-17-4-2-1-3-5-17/h1-11H,12-16H2,(H,28,34)(H2,27,30,31). The Morgan fingerprint density at radius 2 is 1.65 bits per heavy atom. The van der Waals surface area contributed by atoms with Gasteiger partial charge >= 0.3 is 6.03 Å². The SMILES string of the molecule is Nc1nc(N2CCN(C(=O)NCc3ccccc3)CC2)c2nc(-c3ccc(F)cc3)ccc2n1. The van der Waals surface area contributed by atoms with Gasteiger partial charge in [0.2, 0.25) is 5.95 Å². The van der Waals surface area contributed by atoms with Crippen LogP contribution in [0.15, 0.2) is 66.7 Å². The number of halogens is 1. The van der Waals surface area contributed by atoms with E-state index >= 15 is 0 Å². The number of nitrogens with two attached hydrogens (primary N) is 1. The highest BCUT2D eigenvalue weighted by molar-refractivity contribution is 5.88. The maximum Gasteiger partial charge on any atom is 0.317 e. The highest BCUT2D eigenvalue weighted by Gasteiger charge is 2.24. The number of aromatic nitrogens is 3. The molecule has 3 N–H and O–H groups in total. The van der Waals surface area contributed by atoms with Gasteiger partial charge in [-0.3, -0.25) is 0 Å². The third kappa shape index (κ3) is 4.59. The van der Waals surface area contributed by atoms with Crippen LogP contribution in [0.2, 0.25) is 0 Å². The van der Waals surface area contributed by atoms with E-state index in [9.17, 15) is 9.18 Å². The van der Waals surface area contributed by atoms with Crippen molar-refractivity contribution in [2.45, 2.75) is 6.54 Å². The molecule has 1 saturated heterocycles. The maximum absolute atomic E-state index is 13.3. The molecule has 0 atom stereocenters. The van der Waals surface area contributed by atoms with Crippen molar-refractivity contribution in [2.24, 2.45) is 0 Å². The minimum absolute atomic E-state index is 0.0905. The van der Waals surface area contributed by atoms with Crippen LogP contribution in [0, 0.1) is 5.82 Å². The van der Waals surface area contributed by atoms with Crippen LogP contribution < -0.4 is 16.0 Å². The molecule has 172 valence electrons. The number of hydrogen-bond acceptors (Lipinski definition) is 6. The van der Waals surface area contributed by atoms with Crippen molar-refractivity contribution in [2.75, 3.05) is 36.8 Å². The van der Waals surface area contributed by atoms with Crippen LogP contribution in [0.4, 0.5) is 21.0 Å². The van der Waals surface area contributed by atoms with Gasteiger partial charge in [0, 0.05) is 38.3 Å². The smallest absolute Gasteiger partial charge is 0.317 e. The molecule has 2 amide bonds. The summed E-state index contributed by atoms with van der Waals surface area (Å²) in [6.07, 6.45) is 0. The lowest BCUT2D eigenvalue weighted by Gasteiger charge is -2.35. The third-order valence-electron chi connectivity index (χ3n) is 5.83. The van der Waals surface area contributed by atoms with Gasteiger partial charge in [0.05, 0.1) is 11.2 Å². The molecule has 0 saturated carbocycles. The summed E-state index contributed by atoms with van der Waals surface area (Å²) in [6, 6.07) is 19.6. The minimum Gasteiger partial charge on any atom is -0.368 e. The Labute approximate surface area is 196 Å². The fourth-order valence-electron chi connectivity index (χ4n) is 4.03. The molecule has 0 radical (unpaired) electrons. The summed E-state index contributed by atoms with van der Waals surface area (Å²) >= 11 is 0. The lowest BCUT2D eigenvalue weighted by atomic mass is 10.1. The topological polar surface area (TPSA) is 100 Å². The summed E-state index contributed by atoms with van der Waals surface area (Å²) in [5, 5.41) is 2.98. The van der Waals surface area contributed by atoms with Crippen molar-refractivity contribution in [1.82, 2.24) is 25.2 Å². The average Bonchev–Trinajstić information content (AvgIpc) is 2.88. The number of benzene rings is 2. The van der Waals surface area contributed by atoms with E-state index in [4.69, 9.17) is 10.7 Å². The van der Waals surface area contributed by atoms with Gasteiger partial charge in [0.1, 0.15) is 11.3 Å². The molecule has 0 unspecified atom stereocenters. The molecule has 4 aromatic rings. The Morgan fingerprint density at radius 3 is 2.38 bits per heavy atom. The van der Waals surface area contributed by atoms with E-state index in [0.29, 0.717) is 55.3 Å². The quantitative estimate of drug-likeness (QED) is 0.487. The van der Waals surface area contributed by atoms with Crippen LogP contribution in [-0.4, -0.2) is 52.1 Å². The fourth-order valence-corrected chi connectivity index (χ4v) is 4.03. The number of nitrogen functional groups attached to an aromatic ring is 1. The monoisotopic (exact) mass is 457 g/mol. The molecule has 0 aliphatic carbocycles. The molecule has 5 rings (SSSR count). The fraction of sp³-hybridized carbons (Fsp3) is 0.200. The molecule has 8 nitrogen and oxygen atoms in total. The van der Waals surface area contributed by atoms with Crippen LogP contribution in [0.25, 0.3) is 22.3 Å². The maximum atomic E-state index is 13.3. The molecule has 2 aromatic heterocycles. The van der Waals surface area contributed by atoms with Crippen molar-refractivity contribution in [3.8, 4) is 11.3 Å². The van der Waals surface area contributed by atoms with E-state index < -0.39 is 0 Å². The van der Waals surface area contributed by atoms with Gasteiger partial charge in [-0.15, -0.1) is 0 Å². The van der Waals surface area contributed by atoms with Crippen molar-refractivity contribution in [3.05, 3.63) is 78.1 Å². The zero-order valence-corrected chi connectivity index (χ0v) is 18.5. The number of piperazine rings is 1. The van der Waals surface area contributed by atoms with Crippen LogP contribution in [-0.2, 0) is 6.54 Å². The Bertz CT molecular complexity index is 1310. The number of carbonyl (C=O) groups is 1. The average molecular weight is 458 g/mol. The van der Waals surface area contributed by atoms with E-state index in [1.165, 1.54) is 12.1 Å². The predicted octanol–water partition coefficient (Wildman–Crippen LogP) is 3.44. The molecule has 1 aliphatic rings. The van der Waals surface area contributed by atoms with Gasteiger partial charge in [0.15, 0.2) is 5.82 Å². The summed E-state index contributed by atoms with van der Waals surface area (Å²) in [5.41, 5.74) is 9.78. The number of rotatable bonds is 4. The molecule has 1 fully saturated rings. The van der Waals surface area contributed by atoms with E-state index in [1.807, 2.05) is 42.5 Å². The van der Waals surface area contributed by atoms with Crippen LogP contribution in [0.1, 0.15) is 5.56 Å². The van der Waals surface area contributed by atoms with E-state index in [0.717, 1.165) is 11.1 Å². The van der Waals surface area contributed by atoms with E-state index in [-0.39, 0.29) is 17.8 Å². The van der Waals surface area contributed by atoms with Crippen LogP contribution in [0.5, 0.6) is 0 Å². The zero-order chi connectivity index (χ0) is 23.5. The number of hydrogen-bond donors (Lipinski definition) is 2. The Hall–Kier alpha value is -4.27. The normalized spacial score (nSPS) is 13.8. The van der Waals surface area contributed by atoms with Crippen LogP contribution in [0.3, 0.4) is 0 Å². The lowest BCUT2D eigenvalue weighted by Crippen LogP contribution is -2.52. The Morgan fingerprint density at radius 1 is 0.912 bits per heavy atom. The molecule has 9 heteroatoms. The molecule has 2 aromatic carbocycles. The third-order valence-corrected chi connectivity index (χ3v) is 5.83. The second-order valence-electron chi connectivity index (χ2n) is 8.09. The molecule has 34 heavy (non-hydrogen) atoms. The number of nitrogens with zero attached hydrogens (tertiary/aromatic N) is 5. The second kappa shape index (κ2) is 9.30. The highest BCUT2D eigenvalue weighted by Crippen LogP contribution is 2.27. The summed E-state index contributed by atoms with van der Waals surface area (Å²) in [4.78, 5) is 30.0. The van der Waals surface area contributed by atoms with Crippen LogP contribution >= 0.6 is 0 Å². The molecule has 1 aliphatic heterocycles. The molecule has 3 heterocycles. The molecule has 0 spiro atoms. The molecule has 0 bridgehead atoms. The molecular formula is C25H24FN7O. The van der Waals surface area contributed by atoms with Crippen molar-refractivity contribution in [1.29, 1.82) is 0 Å². The van der Waals surface area contributed by atoms with Gasteiger partial charge in [-0.1, -0.05) is 30.3 Å². The van der Waals surface area contributed by atoms with E-state index in [2.05, 4.69) is 20.2 Å². The predicted molar refractivity (Wildman–Crippen MR) is 130 cm³/mol. The van der Waals surface area contributed by atoms with Crippen molar-refractivity contribution in [3.63, 3.8) is 0 Å². The number of pyridine rings is 1. The second-order valence-corrected chi connectivity index (χ2v) is 8.09. The number of nitrogens with one attached hydrogen (secondary N) is 1. The summed E-state index contributed by atoms with van der Waals surface area (Å²) in [5.74, 6) is 0.504. The number of carbonyl (C=O) groups excluding carboxylic acids is 1. The Kier molecular flexibility index (Phi) is 5.90. The first-order valence-electron chi connectivity index (χ1n) is 11.1. The largest absolute Gasteiger partial charge is 0.368 e.